The molecule has 0 amide bonds. The average molecular weight is 421 g/mol. The average Bonchev–Trinajstić information content (AvgIpc) is 3.62. The highest BCUT2D eigenvalue weighted by atomic mass is 16.1. The van der Waals surface area contributed by atoms with Gasteiger partial charge in [-0.25, -0.2) is 15.0 Å². The summed E-state index contributed by atoms with van der Waals surface area (Å²) in [5, 5.41) is 0.608. The van der Waals surface area contributed by atoms with E-state index in [9.17, 15) is 4.79 Å². The molecule has 31 heavy (non-hydrogen) atoms. The molecule has 0 aromatic carbocycles. The second kappa shape index (κ2) is 7.79. The van der Waals surface area contributed by atoms with E-state index >= 15 is 0 Å². The molecule has 1 saturated carbocycles. The molecule has 0 unspecified atom stereocenters. The molecule has 0 atom stereocenters. The number of piperidine rings is 1. The van der Waals surface area contributed by atoms with Gasteiger partial charge in [0.15, 0.2) is 0 Å². The quantitative estimate of drug-likeness (QED) is 0.618. The maximum Gasteiger partial charge on any atom is 0.262 e. The Hall–Kier alpha value is -3.23. The van der Waals surface area contributed by atoms with Crippen molar-refractivity contribution in [3.8, 4) is 0 Å². The Balaban J connectivity index is 1.37. The smallest absolute Gasteiger partial charge is 0.262 e. The lowest BCUT2D eigenvalue weighted by Crippen LogP contribution is -2.47. The molecule has 5 rings (SSSR count). The molecule has 9 heteroatoms. The van der Waals surface area contributed by atoms with Gasteiger partial charge in [-0.3, -0.25) is 14.3 Å². The zero-order valence-corrected chi connectivity index (χ0v) is 18.3. The van der Waals surface area contributed by atoms with Crippen molar-refractivity contribution in [2.24, 2.45) is 7.05 Å². The summed E-state index contributed by atoms with van der Waals surface area (Å²) in [5.41, 5.74) is 0.626. The van der Waals surface area contributed by atoms with Crippen LogP contribution in [0.15, 0.2) is 35.6 Å². The third kappa shape index (κ3) is 3.68. The van der Waals surface area contributed by atoms with Crippen molar-refractivity contribution in [3.05, 3.63) is 41.2 Å². The summed E-state index contributed by atoms with van der Waals surface area (Å²) < 4.78 is 1.66. The van der Waals surface area contributed by atoms with Crippen LogP contribution in [0.2, 0.25) is 0 Å². The van der Waals surface area contributed by atoms with E-state index in [0.717, 1.165) is 43.5 Å². The second-order valence-electron chi connectivity index (χ2n) is 8.65. The minimum atomic E-state index is -0.0265. The van der Waals surface area contributed by atoms with Gasteiger partial charge in [-0.2, -0.15) is 0 Å². The predicted molar refractivity (Wildman–Crippen MR) is 122 cm³/mol. The fourth-order valence-electron chi connectivity index (χ4n) is 4.49. The Labute approximate surface area is 181 Å². The minimum absolute atomic E-state index is 0.0265. The van der Waals surface area contributed by atoms with Crippen LogP contribution >= 0.6 is 0 Å². The Morgan fingerprint density at radius 1 is 1.03 bits per heavy atom. The molecule has 1 saturated heterocycles. The van der Waals surface area contributed by atoms with Gasteiger partial charge in [0.25, 0.3) is 5.56 Å². The number of pyridine rings is 1. The molecule has 2 aliphatic rings. The van der Waals surface area contributed by atoms with E-state index in [4.69, 9.17) is 4.98 Å². The number of hydrogen-bond donors (Lipinski definition) is 0. The number of nitrogens with zero attached hydrogens (tertiary/aromatic N) is 8. The summed E-state index contributed by atoms with van der Waals surface area (Å²) in [7, 11) is 5.81. The lowest BCUT2D eigenvalue weighted by molar-refractivity contribution is 0.452. The Kier molecular flexibility index (Phi) is 4.95. The first-order valence-electron chi connectivity index (χ1n) is 10.9. The molecule has 3 aromatic rings. The van der Waals surface area contributed by atoms with Gasteiger partial charge in [0.2, 0.25) is 5.95 Å². The van der Waals surface area contributed by atoms with Crippen molar-refractivity contribution in [3.63, 3.8) is 0 Å². The van der Waals surface area contributed by atoms with Crippen molar-refractivity contribution in [2.45, 2.75) is 37.8 Å². The van der Waals surface area contributed by atoms with Gasteiger partial charge >= 0.3 is 0 Å². The van der Waals surface area contributed by atoms with Gasteiger partial charge in [0.1, 0.15) is 18.0 Å². The molecule has 162 valence electrons. The largest absolute Gasteiger partial charge is 0.363 e. The number of aromatic nitrogens is 5. The molecule has 0 spiro atoms. The molecule has 9 nitrogen and oxygen atoms in total. The summed E-state index contributed by atoms with van der Waals surface area (Å²) in [5.74, 6) is 2.66. The van der Waals surface area contributed by atoms with Crippen LogP contribution in [0.4, 0.5) is 17.6 Å². The zero-order chi connectivity index (χ0) is 21.5. The first-order chi connectivity index (χ1) is 15.0. The van der Waals surface area contributed by atoms with Crippen LogP contribution in [0.3, 0.4) is 0 Å². The molecule has 0 N–H and O–H groups in total. The minimum Gasteiger partial charge on any atom is -0.363 e. The maximum atomic E-state index is 12.8. The van der Waals surface area contributed by atoms with Crippen LogP contribution in [0, 0.1) is 0 Å². The van der Waals surface area contributed by atoms with Crippen LogP contribution in [0.25, 0.3) is 10.9 Å². The third-order valence-electron chi connectivity index (χ3n) is 6.30. The molecular formula is C22H28N8O. The number of rotatable bonds is 5. The summed E-state index contributed by atoms with van der Waals surface area (Å²) in [6, 6.07) is 4.81. The fourth-order valence-corrected chi connectivity index (χ4v) is 4.49. The fraction of sp³-hybridized carbons (Fsp3) is 0.500. The predicted octanol–water partition coefficient (Wildman–Crippen LogP) is 1.82. The lowest BCUT2D eigenvalue weighted by Gasteiger charge is -2.40. The number of fused-ring (bicyclic) bond motifs is 1. The van der Waals surface area contributed by atoms with Crippen molar-refractivity contribution >= 4 is 28.5 Å². The SMILES string of the molecule is CN(C)c1cc(N(C2CC2)C2CCN(c3nc4cnccc4c(=O)n3C)CC2)ncn1. The van der Waals surface area contributed by atoms with Crippen molar-refractivity contribution < 1.29 is 0 Å². The van der Waals surface area contributed by atoms with Crippen LogP contribution < -0.4 is 20.3 Å². The van der Waals surface area contributed by atoms with Crippen LogP contribution in [-0.4, -0.2) is 63.8 Å². The van der Waals surface area contributed by atoms with E-state index in [2.05, 4.69) is 30.8 Å². The number of anilines is 3. The van der Waals surface area contributed by atoms with E-state index in [1.54, 1.807) is 36.4 Å². The zero-order valence-electron chi connectivity index (χ0n) is 18.3. The van der Waals surface area contributed by atoms with Crippen molar-refractivity contribution in [1.29, 1.82) is 0 Å². The summed E-state index contributed by atoms with van der Waals surface area (Å²) in [6.45, 7) is 1.71. The molecule has 1 aliphatic carbocycles. The standard InChI is InChI=1S/C22H28N8O/c1-27(2)19-12-20(25-14-24-19)30(15-4-5-15)16-7-10-29(11-8-16)22-26-18-13-23-9-6-17(18)21(31)28(22)3/h6,9,12-16H,4-5,7-8,10-11H2,1-3H3. The summed E-state index contributed by atoms with van der Waals surface area (Å²) >= 11 is 0. The first-order valence-corrected chi connectivity index (χ1v) is 10.9. The van der Waals surface area contributed by atoms with E-state index < -0.39 is 0 Å². The van der Waals surface area contributed by atoms with Gasteiger partial charge in [0.05, 0.1) is 17.1 Å². The van der Waals surface area contributed by atoms with Gasteiger partial charge in [-0.1, -0.05) is 0 Å². The van der Waals surface area contributed by atoms with Gasteiger partial charge < -0.3 is 14.7 Å². The van der Waals surface area contributed by atoms with E-state index in [-0.39, 0.29) is 5.56 Å². The van der Waals surface area contributed by atoms with E-state index in [1.165, 1.54) is 12.8 Å². The molecule has 2 fully saturated rings. The van der Waals surface area contributed by atoms with Gasteiger partial charge in [-0.05, 0) is 31.7 Å². The van der Waals surface area contributed by atoms with Crippen molar-refractivity contribution in [1.82, 2.24) is 24.5 Å². The van der Waals surface area contributed by atoms with E-state index in [1.807, 2.05) is 19.0 Å². The normalized spacial score (nSPS) is 17.2. The monoisotopic (exact) mass is 420 g/mol. The highest BCUT2D eigenvalue weighted by molar-refractivity contribution is 5.77. The molecule has 0 bridgehead atoms. The van der Waals surface area contributed by atoms with Crippen LogP contribution in [0.5, 0.6) is 0 Å². The van der Waals surface area contributed by atoms with Crippen LogP contribution in [0.1, 0.15) is 25.7 Å². The lowest BCUT2D eigenvalue weighted by atomic mass is 10.0. The number of hydrogen-bond acceptors (Lipinski definition) is 8. The molecule has 4 heterocycles. The van der Waals surface area contributed by atoms with Gasteiger partial charge in [-0.15, -0.1) is 0 Å². The second-order valence-corrected chi connectivity index (χ2v) is 8.65. The third-order valence-corrected chi connectivity index (χ3v) is 6.30. The Morgan fingerprint density at radius 3 is 2.45 bits per heavy atom. The molecule has 1 aliphatic heterocycles. The summed E-state index contributed by atoms with van der Waals surface area (Å²) in [4.78, 5) is 37.4. The van der Waals surface area contributed by atoms with Crippen LogP contribution in [-0.2, 0) is 7.05 Å². The highest BCUT2D eigenvalue weighted by Gasteiger charge is 2.37. The maximum absolute atomic E-state index is 12.8. The van der Waals surface area contributed by atoms with Gasteiger partial charge in [0, 0.05) is 58.6 Å². The summed E-state index contributed by atoms with van der Waals surface area (Å²) in [6.07, 6.45) is 9.40. The molecular weight excluding hydrogens is 392 g/mol. The molecule has 3 aromatic heterocycles. The Morgan fingerprint density at radius 2 is 1.74 bits per heavy atom. The first kappa shape index (κ1) is 19.7. The molecule has 0 radical (unpaired) electrons. The van der Waals surface area contributed by atoms with E-state index in [0.29, 0.717) is 23.0 Å². The van der Waals surface area contributed by atoms with Crippen molar-refractivity contribution in [2.75, 3.05) is 41.9 Å². The highest BCUT2D eigenvalue weighted by Crippen LogP contribution is 2.36. The Bertz CT molecular complexity index is 1150. The topological polar surface area (TPSA) is 83.3 Å².